The van der Waals surface area contributed by atoms with Gasteiger partial charge in [0, 0.05) is 29.0 Å². The second-order valence-electron chi connectivity index (χ2n) is 5.51. The number of carboxylic acids is 1. The van der Waals surface area contributed by atoms with Crippen molar-refractivity contribution in [2.75, 3.05) is 18.8 Å². The zero-order valence-electron chi connectivity index (χ0n) is 13.1. The van der Waals surface area contributed by atoms with Crippen LogP contribution < -0.4 is 0 Å². The number of aromatic carboxylic acids is 1. The monoisotopic (exact) mass is 401 g/mol. The molecule has 0 unspecified atom stereocenters. The SMILES string of the molecule is O=C(O)c1cc(S(=O)(=O)N2CCS[C@H](c3cccs3)CC2)ccc1F. The Hall–Kier alpha value is -1.42. The first kappa shape index (κ1) is 18.4. The summed E-state index contributed by atoms with van der Waals surface area (Å²) in [7, 11) is -3.86. The minimum absolute atomic E-state index is 0.189. The van der Waals surface area contributed by atoms with Crippen molar-refractivity contribution in [3.8, 4) is 0 Å². The summed E-state index contributed by atoms with van der Waals surface area (Å²) in [5.41, 5.74) is -0.637. The Morgan fingerprint density at radius 1 is 1.28 bits per heavy atom. The van der Waals surface area contributed by atoms with Crippen molar-refractivity contribution >= 4 is 39.1 Å². The predicted octanol–water partition coefficient (Wildman–Crippen LogP) is 3.45. The molecule has 2 aromatic rings. The van der Waals surface area contributed by atoms with Crippen LogP contribution in [-0.4, -0.2) is 42.6 Å². The summed E-state index contributed by atoms with van der Waals surface area (Å²) < 4.78 is 40.5. The highest BCUT2D eigenvalue weighted by Crippen LogP contribution is 2.37. The van der Waals surface area contributed by atoms with E-state index in [2.05, 4.69) is 0 Å². The molecule has 25 heavy (non-hydrogen) atoms. The molecule has 1 fully saturated rings. The molecule has 9 heteroatoms. The first-order valence-electron chi connectivity index (χ1n) is 7.57. The lowest BCUT2D eigenvalue weighted by Crippen LogP contribution is -2.33. The van der Waals surface area contributed by atoms with Gasteiger partial charge in [-0.25, -0.2) is 17.6 Å². The fourth-order valence-corrected chi connectivity index (χ4v) is 6.51. The lowest BCUT2D eigenvalue weighted by molar-refractivity contribution is 0.0691. The number of rotatable bonds is 4. The van der Waals surface area contributed by atoms with Crippen LogP contribution in [0.3, 0.4) is 0 Å². The Balaban J connectivity index is 1.83. The van der Waals surface area contributed by atoms with Gasteiger partial charge in [0.25, 0.3) is 0 Å². The average molecular weight is 402 g/mol. The molecule has 1 saturated heterocycles. The second kappa shape index (κ2) is 7.45. The molecule has 0 amide bonds. The van der Waals surface area contributed by atoms with Gasteiger partial charge >= 0.3 is 5.97 Å². The van der Waals surface area contributed by atoms with Crippen molar-refractivity contribution in [2.45, 2.75) is 16.6 Å². The smallest absolute Gasteiger partial charge is 0.338 e. The van der Waals surface area contributed by atoms with E-state index in [1.54, 1.807) is 23.1 Å². The molecule has 2 heterocycles. The summed E-state index contributed by atoms with van der Waals surface area (Å²) in [5.74, 6) is -1.79. The molecule has 1 aromatic heterocycles. The Bertz CT molecular complexity index is 868. The van der Waals surface area contributed by atoms with Crippen LogP contribution in [0.1, 0.15) is 26.9 Å². The largest absolute Gasteiger partial charge is 0.478 e. The summed E-state index contributed by atoms with van der Waals surface area (Å²) in [6, 6.07) is 6.92. The van der Waals surface area contributed by atoms with Gasteiger partial charge < -0.3 is 5.11 Å². The maximum absolute atomic E-state index is 13.5. The van der Waals surface area contributed by atoms with E-state index in [1.807, 2.05) is 17.5 Å². The molecule has 1 aliphatic rings. The van der Waals surface area contributed by atoms with Gasteiger partial charge in [-0.3, -0.25) is 0 Å². The molecule has 0 saturated carbocycles. The van der Waals surface area contributed by atoms with Crippen LogP contribution in [-0.2, 0) is 10.0 Å². The third kappa shape index (κ3) is 3.89. The molecule has 3 rings (SSSR count). The highest BCUT2D eigenvalue weighted by atomic mass is 32.2. The molecule has 1 N–H and O–H groups in total. The maximum atomic E-state index is 13.5. The van der Waals surface area contributed by atoms with E-state index in [9.17, 15) is 17.6 Å². The molecular formula is C16H16FNO4S3. The molecule has 0 spiro atoms. The van der Waals surface area contributed by atoms with Gasteiger partial charge in [-0.1, -0.05) is 6.07 Å². The Kier molecular flexibility index (Phi) is 5.47. The summed E-state index contributed by atoms with van der Waals surface area (Å²) >= 11 is 3.37. The number of hydrogen-bond acceptors (Lipinski definition) is 5. The number of carbonyl (C=O) groups is 1. The fraction of sp³-hybridized carbons (Fsp3) is 0.312. The number of thioether (sulfide) groups is 1. The van der Waals surface area contributed by atoms with Gasteiger partial charge in [-0.2, -0.15) is 16.1 Å². The highest BCUT2D eigenvalue weighted by molar-refractivity contribution is 7.99. The number of halogens is 1. The number of thiophene rings is 1. The highest BCUT2D eigenvalue weighted by Gasteiger charge is 2.29. The van der Waals surface area contributed by atoms with E-state index in [4.69, 9.17) is 5.11 Å². The Morgan fingerprint density at radius 3 is 2.76 bits per heavy atom. The molecule has 1 atom stereocenters. The van der Waals surface area contributed by atoms with E-state index in [0.717, 1.165) is 18.2 Å². The van der Waals surface area contributed by atoms with E-state index in [-0.39, 0.29) is 10.1 Å². The van der Waals surface area contributed by atoms with Crippen LogP contribution in [0.25, 0.3) is 0 Å². The lowest BCUT2D eigenvalue weighted by atomic mass is 10.2. The molecule has 0 bridgehead atoms. The number of nitrogens with zero attached hydrogens (tertiary/aromatic N) is 1. The summed E-state index contributed by atoms with van der Waals surface area (Å²) in [6.07, 6.45) is 0.678. The third-order valence-electron chi connectivity index (χ3n) is 3.97. The minimum atomic E-state index is -3.86. The van der Waals surface area contributed by atoms with E-state index in [1.165, 1.54) is 9.18 Å². The van der Waals surface area contributed by atoms with Gasteiger partial charge in [-0.15, -0.1) is 11.3 Å². The van der Waals surface area contributed by atoms with Crippen molar-refractivity contribution < 1.29 is 22.7 Å². The summed E-state index contributed by atoms with van der Waals surface area (Å²) in [5, 5.41) is 11.3. The van der Waals surface area contributed by atoms with Crippen LogP contribution in [0.2, 0.25) is 0 Å². The molecule has 134 valence electrons. The number of benzene rings is 1. The fourth-order valence-electron chi connectivity index (χ4n) is 2.67. The van der Waals surface area contributed by atoms with Gasteiger partial charge in [0.2, 0.25) is 10.0 Å². The van der Waals surface area contributed by atoms with E-state index < -0.39 is 27.4 Å². The van der Waals surface area contributed by atoms with Crippen molar-refractivity contribution in [1.29, 1.82) is 0 Å². The number of hydrogen-bond donors (Lipinski definition) is 1. The molecule has 0 radical (unpaired) electrons. The summed E-state index contributed by atoms with van der Waals surface area (Å²) in [6.45, 7) is 0.687. The zero-order chi connectivity index (χ0) is 18.0. The normalized spacial score (nSPS) is 19.5. The van der Waals surface area contributed by atoms with Crippen molar-refractivity contribution in [1.82, 2.24) is 4.31 Å². The Morgan fingerprint density at radius 2 is 2.08 bits per heavy atom. The van der Waals surface area contributed by atoms with Crippen molar-refractivity contribution in [3.05, 3.63) is 52.0 Å². The molecule has 1 aliphatic heterocycles. The standard InChI is InChI=1S/C16H16FNO4S3/c17-13-4-3-11(10-12(13)16(19)20)25(21,22)18-6-5-15(24-9-7-18)14-2-1-8-23-14/h1-4,8,10,15H,5-7,9H2,(H,19,20)/t15-/m0/s1. The molecular weight excluding hydrogens is 385 g/mol. The molecule has 1 aromatic carbocycles. The maximum Gasteiger partial charge on any atom is 0.338 e. The zero-order valence-corrected chi connectivity index (χ0v) is 15.5. The summed E-state index contributed by atoms with van der Waals surface area (Å²) in [4.78, 5) is 12.1. The van der Waals surface area contributed by atoms with Crippen LogP contribution in [0, 0.1) is 5.82 Å². The van der Waals surface area contributed by atoms with Crippen LogP contribution in [0.5, 0.6) is 0 Å². The topological polar surface area (TPSA) is 74.7 Å². The first-order chi connectivity index (χ1) is 11.9. The second-order valence-corrected chi connectivity index (χ2v) is 9.74. The van der Waals surface area contributed by atoms with Crippen LogP contribution >= 0.6 is 23.1 Å². The number of sulfonamides is 1. The van der Waals surface area contributed by atoms with Crippen LogP contribution in [0.4, 0.5) is 4.39 Å². The van der Waals surface area contributed by atoms with E-state index in [0.29, 0.717) is 25.3 Å². The van der Waals surface area contributed by atoms with Gasteiger partial charge in [-0.05, 0) is 36.1 Å². The van der Waals surface area contributed by atoms with Crippen molar-refractivity contribution in [3.63, 3.8) is 0 Å². The first-order valence-corrected chi connectivity index (χ1v) is 10.9. The van der Waals surface area contributed by atoms with Crippen LogP contribution in [0.15, 0.2) is 40.6 Å². The van der Waals surface area contributed by atoms with Gasteiger partial charge in [0.05, 0.1) is 10.5 Å². The van der Waals surface area contributed by atoms with Gasteiger partial charge in [0.1, 0.15) is 5.82 Å². The van der Waals surface area contributed by atoms with Gasteiger partial charge in [0.15, 0.2) is 0 Å². The van der Waals surface area contributed by atoms with E-state index >= 15 is 0 Å². The Labute approximate surface area is 153 Å². The van der Waals surface area contributed by atoms with Crippen molar-refractivity contribution in [2.24, 2.45) is 0 Å². The number of carboxylic acid groups (broad SMARTS) is 1. The minimum Gasteiger partial charge on any atom is -0.478 e. The molecule has 5 nitrogen and oxygen atoms in total. The predicted molar refractivity (Wildman–Crippen MR) is 96.3 cm³/mol. The third-order valence-corrected chi connectivity index (χ3v) is 8.31. The lowest BCUT2D eigenvalue weighted by Gasteiger charge is -2.20. The average Bonchev–Trinajstić information content (AvgIpc) is 2.98. The molecule has 0 aliphatic carbocycles. The quantitative estimate of drug-likeness (QED) is 0.849.